The molecule has 0 bridgehead atoms. The molecule has 2 N–H and O–H groups in total. The van der Waals surface area contributed by atoms with Gasteiger partial charge in [-0.2, -0.15) is 4.31 Å². The van der Waals surface area contributed by atoms with E-state index in [1.54, 1.807) is 36.4 Å². The van der Waals surface area contributed by atoms with Crippen LogP contribution in [0.25, 0.3) is 11.0 Å². The van der Waals surface area contributed by atoms with Gasteiger partial charge in [0, 0.05) is 13.1 Å². The Bertz CT molecular complexity index is 1440. The second-order valence-corrected chi connectivity index (χ2v) is 11.3. The molecular formula is C27H29FN4O3S. The standard InChI is InChI=1S/C27H29FN4O3S/c1-18(2)20-10-8-19(9-11-20)17-35-26-16-32(36(33,34)22-6-4-3-5-7-22)15-25(26)31-27-29-23-13-12-21(28)14-24(23)30-27/h3-14,18,25-26H,15-17H2,1-2H3,(H2,29,30,31)/t25-,26-/m0/s1. The van der Waals surface area contributed by atoms with Gasteiger partial charge >= 0.3 is 0 Å². The minimum atomic E-state index is -3.69. The summed E-state index contributed by atoms with van der Waals surface area (Å²) in [4.78, 5) is 7.80. The van der Waals surface area contributed by atoms with Crippen molar-refractivity contribution in [2.45, 2.75) is 43.4 Å². The number of imidazole rings is 1. The third-order valence-electron chi connectivity index (χ3n) is 6.49. The fourth-order valence-electron chi connectivity index (χ4n) is 4.41. The van der Waals surface area contributed by atoms with Crippen LogP contribution in [-0.4, -0.2) is 47.9 Å². The Hall–Kier alpha value is -3.27. The molecule has 9 heteroatoms. The van der Waals surface area contributed by atoms with Gasteiger partial charge in [0.05, 0.1) is 34.7 Å². The molecule has 0 amide bonds. The molecule has 1 fully saturated rings. The van der Waals surface area contributed by atoms with Gasteiger partial charge in [-0.15, -0.1) is 0 Å². The van der Waals surface area contributed by atoms with E-state index in [0.29, 0.717) is 29.5 Å². The highest BCUT2D eigenvalue weighted by Gasteiger charge is 2.40. The molecule has 188 valence electrons. The van der Waals surface area contributed by atoms with Crippen molar-refractivity contribution in [3.63, 3.8) is 0 Å². The lowest BCUT2D eigenvalue weighted by molar-refractivity contribution is 0.0452. The number of ether oxygens (including phenoxy) is 1. The van der Waals surface area contributed by atoms with Crippen LogP contribution in [0.1, 0.15) is 30.9 Å². The highest BCUT2D eigenvalue weighted by atomic mass is 32.2. The summed E-state index contributed by atoms with van der Waals surface area (Å²) in [5.74, 6) is 0.523. The summed E-state index contributed by atoms with van der Waals surface area (Å²) < 4.78 is 47.9. The number of nitrogens with zero attached hydrogens (tertiary/aromatic N) is 2. The fourth-order valence-corrected chi connectivity index (χ4v) is 5.91. The van der Waals surface area contributed by atoms with Crippen molar-refractivity contribution in [1.29, 1.82) is 0 Å². The van der Waals surface area contributed by atoms with Gasteiger partial charge in [-0.1, -0.05) is 56.3 Å². The molecule has 36 heavy (non-hydrogen) atoms. The molecule has 1 aliphatic heterocycles. The fraction of sp³-hybridized carbons (Fsp3) is 0.296. The van der Waals surface area contributed by atoms with Crippen molar-refractivity contribution in [3.8, 4) is 0 Å². The highest BCUT2D eigenvalue weighted by molar-refractivity contribution is 7.89. The largest absolute Gasteiger partial charge is 0.370 e. The van der Waals surface area contributed by atoms with Gasteiger partial charge in [-0.05, 0) is 47.4 Å². The molecule has 4 aromatic rings. The van der Waals surface area contributed by atoms with E-state index in [9.17, 15) is 12.8 Å². The smallest absolute Gasteiger partial charge is 0.243 e. The predicted molar refractivity (Wildman–Crippen MR) is 138 cm³/mol. The van der Waals surface area contributed by atoms with Crippen LogP contribution in [0, 0.1) is 5.82 Å². The van der Waals surface area contributed by atoms with E-state index in [0.717, 1.165) is 5.56 Å². The molecule has 1 saturated heterocycles. The maximum Gasteiger partial charge on any atom is 0.243 e. The molecule has 0 spiro atoms. The Kier molecular flexibility index (Phi) is 6.79. The summed E-state index contributed by atoms with van der Waals surface area (Å²) in [5, 5.41) is 3.29. The maximum atomic E-state index is 13.6. The first-order valence-corrected chi connectivity index (χ1v) is 13.4. The van der Waals surface area contributed by atoms with E-state index < -0.39 is 16.1 Å². The third-order valence-corrected chi connectivity index (χ3v) is 8.34. The van der Waals surface area contributed by atoms with Crippen molar-refractivity contribution in [2.75, 3.05) is 18.4 Å². The lowest BCUT2D eigenvalue weighted by Gasteiger charge is -2.20. The quantitative estimate of drug-likeness (QED) is 0.354. The summed E-state index contributed by atoms with van der Waals surface area (Å²) in [6, 6.07) is 20.6. The molecule has 2 atom stereocenters. The first-order chi connectivity index (χ1) is 17.3. The Morgan fingerprint density at radius 3 is 2.56 bits per heavy atom. The number of sulfonamides is 1. The Labute approximate surface area is 210 Å². The molecule has 0 unspecified atom stereocenters. The zero-order chi connectivity index (χ0) is 25.3. The summed E-state index contributed by atoms with van der Waals surface area (Å²) in [6.45, 7) is 5.06. The van der Waals surface area contributed by atoms with Crippen LogP contribution in [-0.2, 0) is 21.4 Å². The lowest BCUT2D eigenvalue weighted by atomic mass is 10.0. The normalized spacial score (nSPS) is 18.8. The lowest BCUT2D eigenvalue weighted by Crippen LogP contribution is -2.34. The summed E-state index contributed by atoms with van der Waals surface area (Å²) in [5.41, 5.74) is 3.45. The van der Waals surface area contributed by atoms with Crippen LogP contribution in [0.4, 0.5) is 10.3 Å². The van der Waals surface area contributed by atoms with Crippen LogP contribution < -0.4 is 5.32 Å². The van der Waals surface area contributed by atoms with Gasteiger partial charge in [0.1, 0.15) is 5.82 Å². The molecule has 3 aromatic carbocycles. The average molecular weight is 509 g/mol. The molecule has 2 heterocycles. The molecule has 1 aromatic heterocycles. The molecule has 0 saturated carbocycles. The summed E-state index contributed by atoms with van der Waals surface area (Å²) in [7, 11) is -3.69. The number of anilines is 1. The monoisotopic (exact) mass is 508 g/mol. The van der Waals surface area contributed by atoms with Crippen molar-refractivity contribution in [3.05, 3.63) is 89.7 Å². The Morgan fingerprint density at radius 2 is 1.83 bits per heavy atom. The van der Waals surface area contributed by atoms with Crippen LogP contribution >= 0.6 is 0 Å². The van der Waals surface area contributed by atoms with E-state index in [1.165, 1.54) is 22.0 Å². The van der Waals surface area contributed by atoms with E-state index in [1.807, 2.05) is 12.1 Å². The molecule has 0 radical (unpaired) electrons. The molecule has 5 rings (SSSR count). The van der Waals surface area contributed by atoms with Crippen molar-refractivity contribution in [2.24, 2.45) is 0 Å². The summed E-state index contributed by atoms with van der Waals surface area (Å²) >= 11 is 0. The number of H-pyrrole nitrogens is 1. The molecular weight excluding hydrogens is 479 g/mol. The number of benzene rings is 3. The zero-order valence-corrected chi connectivity index (χ0v) is 21.0. The number of nitrogens with one attached hydrogen (secondary N) is 2. The minimum absolute atomic E-state index is 0.202. The first-order valence-electron chi connectivity index (χ1n) is 12.0. The van der Waals surface area contributed by atoms with Gasteiger partial charge in [-0.25, -0.2) is 17.8 Å². The molecule has 7 nitrogen and oxygen atoms in total. The summed E-state index contributed by atoms with van der Waals surface area (Å²) in [6.07, 6.45) is -0.418. The zero-order valence-electron chi connectivity index (χ0n) is 20.2. The van der Waals surface area contributed by atoms with Gasteiger partial charge in [0.15, 0.2) is 0 Å². The Balaban J connectivity index is 1.37. The van der Waals surface area contributed by atoms with Gasteiger partial charge < -0.3 is 15.0 Å². The minimum Gasteiger partial charge on any atom is -0.370 e. The van der Waals surface area contributed by atoms with E-state index in [4.69, 9.17) is 4.74 Å². The third kappa shape index (κ3) is 5.13. The van der Waals surface area contributed by atoms with E-state index in [-0.39, 0.29) is 29.8 Å². The molecule has 0 aliphatic carbocycles. The van der Waals surface area contributed by atoms with Crippen molar-refractivity contribution in [1.82, 2.24) is 14.3 Å². The average Bonchev–Trinajstić information content (AvgIpc) is 3.47. The van der Waals surface area contributed by atoms with E-state index in [2.05, 4.69) is 41.3 Å². The van der Waals surface area contributed by atoms with Crippen molar-refractivity contribution < 1.29 is 17.5 Å². The number of aromatic nitrogens is 2. The van der Waals surface area contributed by atoms with E-state index >= 15 is 0 Å². The van der Waals surface area contributed by atoms with Gasteiger partial charge in [0.25, 0.3) is 0 Å². The number of fused-ring (bicyclic) bond motifs is 1. The van der Waals surface area contributed by atoms with Crippen LogP contribution in [0.15, 0.2) is 77.7 Å². The number of halogens is 1. The van der Waals surface area contributed by atoms with Gasteiger partial charge in [-0.3, -0.25) is 0 Å². The topological polar surface area (TPSA) is 87.3 Å². The van der Waals surface area contributed by atoms with Crippen molar-refractivity contribution >= 4 is 27.0 Å². The number of rotatable bonds is 8. The number of aromatic amines is 1. The van der Waals surface area contributed by atoms with Crippen LogP contribution in [0.5, 0.6) is 0 Å². The SMILES string of the molecule is CC(C)c1ccc(CO[C@H]2CN(S(=O)(=O)c3ccccc3)C[C@@H]2Nc2nc3ccc(F)cc3[nH]2)cc1. The first kappa shape index (κ1) is 24.4. The number of hydrogen-bond acceptors (Lipinski definition) is 5. The molecule has 1 aliphatic rings. The maximum absolute atomic E-state index is 13.6. The predicted octanol–water partition coefficient (Wildman–Crippen LogP) is 4.90. The number of hydrogen-bond donors (Lipinski definition) is 2. The van der Waals surface area contributed by atoms with Crippen LogP contribution in [0.3, 0.4) is 0 Å². The van der Waals surface area contributed by atoms with Crippen LogP contribution in [0.2, 0.25) is 0 Å². The second-order valence-electron chi connectivity index (χ2n) is 9.38. The second kappa shape index (κ2) is 10.0. The Morgan fingerprint density at radius 1 is 1.08 bits per heavy atom. The highest BCUT2D eigenvalue weighted by Crippen LogP contribution is 2.26. The van der Waals surface area contributed by atoms with Gasteiger partial charge in [0.2, 0.25) is 16.0 Å².